The molecule has 3 N–H and O–H groups in total. The first kappa shape index (κ1) is 20.8. The van der Waals surface area contributed by atoms with E-state index in [0.29, 0.717) is 18.1 Å². The van der Waals surface area contributed by atoms with Crippen molar-refractivity contribution in [1.29, 1.82) is 0 Å². The molecule has 0 bridgehead atoms. The highest BCUT2D eigenvalue weighted by molar-refractivity contribution is 7.91. The molecular formula is C20H17F3N2O3S. The summed E-state index contributed by atoms with van der Waals surface area (Å²) in [5.41, 5.74) is 3.40. The van der Waals surface area contributed by atoms with E-state index >= 15 is 0 Å². The first-order valence-corrected chi connectivity index (χ1v) is 9.88. The number of hydrogen-bond acceptors (Lipinski definition) is 5. The van der Waals surface area contributed by atoms with Crippen molar-refractivity contribution in [1.82, 2.24) is 4.98 Å². The van der Waals surface area contributed by atoms with E-state index in [2.05, 4.69) is 4.98 Å². The van der Waals surface area contributed by atoms with Crippen LogP contribution in [0.5, 0.6) is 0 Å². The highest BCUT2D eigenvalue weighted by atomic mass is 32.2. The molecule has 9 heteroatoms. The van der Waals surface area contributed by atoms with Gasteiger partial charge < -0.3 is 10.8 Å². The molecule has 2 aromatic carbocycles. The molecule has 0 radical (unpaired) electrons. The molecule has 1 unspecified atom stereocenters. The van der Waals surface area contributed by atoms with Gasteiger partial charge in [0, 0.05) is 6.20 Å². The van der Waals surface area contributed by atoms with Gasteiger partial charge in [-0.3, -0.25) is 0 Å². The summed E-state index contributed by atoms with van der Waals surface area (Å²) in [7, 11) is -3.77. The van der Waals surface area contributed by atoms with Crippen LogP contribution in [-0.2, 0) is 15.4 Å². The zero-order valence-corrected chi connectivity index (χ0v) is 16.0. The number of nitrogens with zero attached hydrogens (tertiary/aromatic N) is 1. The van der Waals surface area contributed by atoms with E-state index in [-0.39, 0.29) is 21.2 Å². The fourth-order valence-corrected chi connectivity index (χ4v) is 3.87. The normalized spacial score (nSPS) is 14.4. The quantitative estimate of drug-likeness (QED) is 0.665. The third-order valence-corrected chi connectivity index (χ3v) is 6.32. The summed E-state index contributed by atoms with van der Waals surface area (Å²) < 4.78 is 64.1. The minimum Gasteiger partial charge on any atom is -0.384 e. The van der Waals surface area contributed by atoms with Crippen molar-refractivity contribution in [3.05, 3.63) is 72.4 Å². The number of rotatable bonds is 4. The summed E-state index contributed by atoms with van der Waals surface area (Å²) >= 11 is 0. The molecule has 5 nitrogen and oxygen atoms in total. The van der Waals surface area contributed by atoms with Gasteiger partial charge in [-0.2, -0.15) is 13.2 Å². The van der Waals surface area contributed by atoms with E-state index in [1.54, 1.807) is 12.1 Å². The number of sulfone groups is 1. The Morgan fingerprint density at radius 1 is 0.862 bits per heavy atom. The highest BCUT2D eigenvalue weighted by Gasteiger charge is 2.51. The molecule has 0 saturated carbocycles. The molecule has 1 heterocycles. The first-order valence-electron chi connectivity index (χ1n) is 8.39. The van der Waals surface area contributed by atoms with Crippen molar-refractivity contribution in [3.63, 3.8) is 0 Å². The molecule has 0 amide bonds. The Hall–Kier alpha value is -2.91. The lowest BCUT2D eigenvalue weighted by atomic mass is 9.93. The number of aliphatic hydroxyl groups is 1. The average molecular weight is 422 g/mol. The smallest absolute Gasteiger partial charge is 0.384 e. The molecule has 1 atom stereocenters. The SMILES string of the molecule is CC(O)(c1ccc(-c2ccc(S(=O)(=O)c3ccc(N)nc3)cc2)cc1)C(F)(F)F. The van der Waals surface area contributed by atoms with Gasteiger partial charge in [0.05, 0.1) is 9.79 Å². The second kappa shape index (κ2) is 7.16. The van der Waals surface area contributed by atoms with Gasteiger partial charge in [-0.15, -0.1) is 0 Å². The van der Waals surface area contributed by atoms with E-state index in [9.17, 15) is 26.7 Å². The van der Waals surface area contributed by atoms with Gasteiger partial charge in [0.15, 0.2) is 5.60 Å². The molecule has 0 spiro atoms. The molecule has 1 aromatic heterocycles. The molecule has 0 saturated heterocycles. The standard InChI is InChI=1S/C20H17F3N2O3S/c1-19(26,20(21,22)23)15-6-2-13(3-7-15)14-4-8-16(9-5-14)29(27,28)17-10-11-18(24)25-12-17/h2-12,26H,1H3,(H2,24,25). The Kier molecular flexibility index (Phi) is 5.14. The van der Waals surface area contributed by atoms with Crippen LogP contribution in [0.25, 0.3) is 11.1 Å². The van der Waals surface area contributed by atoms with Crippen molar-refractivity contribution >= 4 is 15.7 Å². The summed E-state index contributed by atoms with van der Waals surface area (Å²) in [5, 5.41) is 9.73. The van der Waals surface area contributed by atoms with Crippen LogP contribution in [0.15, 0.2) is 76.7 Å². The summed E-state index contributed by atoms with van der Waals surface area (Å²) in [6.07, 6.45) is -3.63. The number of anilines is 1. The van der Waals surface area contributed by atoms with Crippen LogP contribution in [0.4, 0.5) is 19.0 Å². The molecule has 0 aliphatic carbocycles. The van der Waals surface area contributed by atoms with Gasteiger partial charge in [0.2, 0.25) is 9.84 Å². The van der Waals surface area contributed by atoms with E-state index in [0.717, 1.165) is 0 Å². The summed E-state index contributed by atoms with van der Waals surface area (Å²) in [6.45, 7) is 0.688. The Bertz CT molecular complexity index is 1110. The Labute approximate surface area is 165 Å². The number of pyridine rings is 1. The number of hydrogen-bond donors (Lipinski definition) is 2. The summed E-state index contributed by atoms with van der Waals surface area (Å²) in [6, 6.07) is 13.9. The fraction of sp³-hybridized carbons (Fsp3) is 0.150. The number of alkyl halides is 3. The van der Waals surface area contributed by atoms with Crippen LogP contribution < -0.4 is 5.73 Å². The van der Waals surface area contributed by atoms with Gasteiger partial charge in [0.25, 0.3) is 0 Å². The lowest BCUT2D eigenvalue weighted by Gasteiger charge is -2.26. The third-order valence-electron chi connectivity index (χ3n) is 4.57. The predicted molar refractivity (Wildman–Crippen MR) is 102 cm³/mol. The molecule has 3 rings (SSSR count). The molecule has 152 valence electrons. The third kappa shape index (κ3) is 3.96. The zero-order valence-electron chi connectivity index (χ0n) is 15.2. The molecule has 0 aliphatic heterocycles. The number of halogens is 3. The van der Waals surface area contributed by atoms with Crippen molar-refractivity contribution in [2.24, 2.45) is 0 Å². The van der Waals surface area contributed by atoms with Gasteiger partial charge in [-0.25, -0.2) is 13.4 Å². The number of nitrogens with two attached hydrogens (primary N) is 1. The minimum atomic E-state index is -4.80. The van der Waals surface area contributed by atoms with Crippen molar-refractivity contribution in [2.75, 3.05) is 5.73 Å². The second-order valence-electron chi connectivity index (χ2n) is 6.59. The van der Waals surface area contributed by atoms with E-state index in [1.165, 1.54) is 54.7 Å². The van der Waals surface area contributed by atoms with Gasteiger partial charge in [-0.05, 0) is 47.9 Å². The van der Waals surface area contributed by atoms with Crippen molar-refractivity contribution in [3.8, 4) is 11.1 Å². The van der Waals surface area contributed by atoms with Crippen molar-refractivity contribution < 1.29 is 26.7 Å². The molecule has 0 fully saturated rings. The highest BCUT2D eigenvalue weighted by Crippen LogP contribution is 2.39. The maximum Gasteiger partial charge on any atom is 0.421 e. The van der Waals surface area contributed by atoms with E-state index < -0.39 is 21.6 Å². The minimum absolute atomic E-state index is 0.00168. The van der Waals surface area contributed by atoms with Gasteiger partial charge >= 0.3 is 6.18 Å². The fourth-order valence-electron chi connectivity index (χ4n) is 2.66. The van der Waals surface area contributed by atoms with Crippen LogP contribution in [0.2, 0.25) is 0 Å². The second-order valence-corrected chi connectivity index (χ2v) is 8.54. The molecule has 0 aliphatic rings. The van der Waals surface area contributed by atoms with Crippen molar-refractivity contribution in [2.45, 2.75) is 28.5 Å². The first-order chi connectivity index (χ1) is 13.4. The monoisotopic (exact) mass is 422 g/mol. The van der Waals surface area contributed by atoms with Gasteiger partial charge in [-0.1, -0.05) is 36.4 Å². The summed E-state index contributed by atoms with van der Waals surface area (Å²) in [4.78, 5) is 3.82. The predicted octanol–water partition coefficient (Wildman–Crippen LogP) is 3.93. The topological polar surface area (TPSA) is 93.3 Å². The maximum atomic E-state index is 12.9. The van der Waals surface area contributed by atoms with E-state index in [4.69, 9.17) is 5.73 Å². The number of aromatic nitrogens is 1. The Balaban J connectivity index is 1.88. The summed E-state index contributed by atoms with van der Waals surface area (Å²) in [5.74, 6) is 0.201. The Morgan fingerprint density at radius 2 is 1.34 bits per heavy atom. The lowest BCUT2D eigenvalue weighted by Crippen LogP contribution is -2.39. The van der Waals surface area contributed by atoms with Crippen LogP contribution in [0.3, 0.4) is 0 Å². The Morgan fingerprint density at radius 3 is 1.79 bits per heavy atom. The van der Waals surface area contributed by atoms with Crippen LogP contribution >= 0.6 is 0 Å². The van der Waals surface area contributed by atoms with Crippen LogP contribution in [-0.4, -0.2) is 24.7 Å². The lowest BCUT2D eigenvalue weighted by molar-refractivity contribution is -0.258. The maximum absolute atomic E-state index is 12.9. The largest absolute Gasteiger partial charge is 0.421 e. The van der Waals surface area contributed by atoms with Gasteiger partial charge in [0.1, 0.15) is 5.82 Å². The molecule has 3 aromatic rings. The molecular weight excluding hydrogens is 405 g/mol. The van der Waals surface area contributed by atoms with Crippen LogP contribution in [0.1, 0.15) is 12.5 Å². The van der Waals surface area contributed by atoms with Crippen LogP contribution in [0, 0.1) is 0 Å². The zero-order chi connectivity index (χ0) is 21.4. The number of benzene rings is 2. The number of nitrogen functional groups attached to an aromatic ring is 1. The average Bonchev–Trinajstić information content (AvgIpc) is 2.68. The van der Waals surface area contributed by atoms with E-state index in [1.807, 2.05) is 0 Å². The molecule has 29 heavy (non-hydrogen) atoms.